The number of benzene rings is 1. The fourth-order valence-electron chi connectivity index (χ4n) is 2.11. The van der Waals surface area contributed by atoms with Gasteiger partial charge in [-0.2, -0.15) is 0 Å². The number of fused-ring (bicyclic) bond motifs is 1. The van der Waals surface area contributed by atoms with Gasteiger partial charge in [0.05, 0.1) is 13.0 Å². The van der Waals surface area contributed by atoms with Gasteiger partial charge in [0.25, 0.3) is 0 Å². The molecule has 0 aliphatic rings. The monoisotopic (exact) mass is 245 g/mol. The maximum atomic E-state index is 11.3. The van der Waals surface area contributed by atoms with Crippen molar-refractivity contribution in [2.75, 3.05) is 6.61 Å². The predicted octanol–water partition coefficient (Wildman–Crippen LogP) is 3.16. The summed E-state index contributed by atoms with van der Waals surface area (Å²) < 4.78 is 7.04. The summed E-state index contributed by atoms with van der Waals surface area (Å²) in [6.07, 6.45) is 3.50. The number of hydrogen-bond acceptors (Lipinski definition) is 2. The fraction of sp³-hybridized carbons (Fsp3) is 0.400. The number of esters is 1. The normalized spacial score (nSPS) is 10.8. The van der Waals surface area contributed by atoms with E-state index in [9.17, 15) is 4.79 Å². The van der Waals surface area contributed by atoms with Gasteiger partial charge in [0.2, 0.25) is 0 Å². The summed E-state index contributed by atoms with van der Waals surface area (Å²) in [6, 6.07) is 8.57. The summed E-state index contributed by atoms with van der Waals surface area (Å²) in [7, 11) is 0. The SMILES string of the molecule is CCOC(=O)CCn1ccc2cc(CC)ccc21. The largest absolute Gasteiger partial charge is 0.466 e. The van der Waals surface area contributed by atoms with Crippen LogP contribution in [0.3, 0.4) is 0 Å². The standard InChI is InChI=1S/C15H19NO2/c1-3-12-5-6-14-13(11-12)7-9-16(14)10-8-15(17)18-4-2/h5-7,9,11H,3-4,8,10H2,1-2H3. The Labute approximate surface area is 107 Å². The van der Waals surface area contributed by atoms with E-state index >= 15 is 0 Å². The maximum absolute atomic E-state index is 11.3. The molecule has 0 radical (unpaired) electrons. The molecular formula is C15H19NO2. The van der Waals surface area contributed by atoms with Crippen molar-refractivity contribution in [1.29, 1.82) is 0 Å². The molecule has 0 N–H and O–H groups in total. The maximum Gasteiger partial charge on any atom is 0.307 e. The molecule has 0 saturated carbocycles. The molecule has 1 aromatic heterocycles. The molecule has 3 nitrogen and oxygen atoms in total. The van der Waals surface area contributed by atoms with Crippen molar-refractivity contribution in [3.63, 3.8) is 0 Å². The van der Waals surface area contributed by atoms with Gasteiger partial charge in [-0.1, -0.05) is 13.0 Å². The van der Waals surface area contributed by atoms with Crippen LogP contribution in [0.15, 0.2) is 30.5 Å². The highest BCUT2D eigenvalue weighted by Gasteiger charge is 2.05. The van der Waals surface area contributed by atoms with Crippen LogP contribution in [0.2, 0.25) is 0 Å². The Balaban J connectivity index is 2.12. The molecular weight excluding hydrogens is 226 g/mol. The number of carbonyl (C=O) groups excluding carboxylic acids is 1. The second-order valence-electron chi connectivity index (χ2n) is 4.31. The van der Waals surface area contributed by atoms with E-state index in [2.05, 4.69) is 35.8 Å². The first kappa shape index (κ1) is 12.7. The molecule has 18 heavy (non-hydrogen) atoms. The van der Waals surface area contributed by atoms with Crippen LogP contribution in [-0.2, 0) is 22.5 Å². The van der Waals surface area contributed by atoms with Crippen molar-refractivity contribution in [1.82, 2.24) is 4.57 Å². The molecule has 0 aliphatic heterocycles. The van der Waals surface area contributed by atoms with Gasteiger partial charge in [0.15, 0.2) is 0 Å². The van der Waals surface area contributed by atoms with Crippen molar-refractivity contribution in [2.24, 2.45) is 0 Å². The minimum Gasteiger partial charge on any atom is -0.466 e. The third-order valence-electron chi connectivity index (χ3n) is 3.11. The smallest absolute Gasteiger partial charge is 0.307 e. The first-order valence-corrected chi connectivity index (χ1v) is 6.48. The number of carbonyl (C=O) groups is 1. The van der Waals surface area contributed by atoms with Gasteiger partial charge >= 0.3 is 5.97 Å². The van der Waals surface area contributed by atoms with Gasteiger partial charge in [-0.15, -0.1) is 0 Å². The lowest BCUT2D eigenvalue weighted by Crippen LogP contribution is -2.08. The molecule has 0 bridgehead atoms. The Bertz CT molecular complexity index is 542. The van der Waals surface area contributed by atoms with Gasteiger partial charge in [0.1, 0.15) is 0 Å². The summed E-state index contributed by atoms with van der Waals surface area (Å²) in [4.78, 5) is 11.3. The van der Waals surface area contributed by atoms with E-state index in [1.54, 1.807) is 0 Å². The fourth-order valence-corrected chi connectivity index (χ4v) is 2.11. The van der Waals surface area contributed by atoms with Crippen LogP contribution in [-0.4, -0.2) is 17.1 Å². The molecule has 0 spiro atoms. The third kappa shape index (κ3) is 2.73. The van der Waals surface area contributed by atoms with E-state index in [1.807, 2.05) is 13.1 Å². The van der Waals surface area contributed by atoms with E-state index in [0.29, 0.717) is 19.6 Å². The molecule has 2 aromatic rings. The van der Waals surface area contributed by atoms with Crippen LogP contribution in [0.4, 0.5) is 0 Å². The Morgan fingerprint density at radius 3 is 2.83 bits per heavy atom. The molecule has 0 saturated heterocycles. The molecule has 96 valence electrons. The summed E-state index contributed by atoms with van der Waals surface area (Å²) >= 11 is 0. The molecule has 0 fully saturated rings. The zero-order chi connectivity index (χ0) is 13.0. The Morgan fingerprint density at radius 1 is 1.28 bits per heavy atom. The van der Waals surface area contributed by atoms with Crippen molar-refractivity contribution in [3.8, 4) is 0 Å². The number of rotatable bonds is 5. The average molecular weight is 245 g/mol. The number of aryl methyl sites for hydroxylation is 2. The first-order valence-electron chi connectivity index (χ1n) is 6.48. The Kier molecular flexibility index (Phi) is 4.03. The number of hydrogen-bond donors (Lipinski definition) is 0. The van der Waals surface area contributed by atoms with Gasteiger partial charge in [-0.3, -0.25) is 4.79 Å². The minimum absolute atomic E-state index is 0.135. The van der Waals surface area contributed by atoms with Crippen molar-refractivity contribution in [2.45, 2.75) is 33.2 Å². The topological polar surface area (TPSA) is 31.2 Å². The zero-order valence-electron chi connectivity index (χ0n) is 11.0. The predicted molar refractivity (Wildman–Crippen MR) is 72.6 cm³/mol. The molecule has 1 heterocycles. The van der Waals surface area contributed by atoms with Crippen LogP contribution < -0.4 is 0 Å². The van der Waals surface area contributed by atoms with E-state index in [1.165, 1.54) is 16.5 Å². The highest BCUT2D eigenvalue weighted by atomic mass is 16.5. The molecule has 3 heteroatoms. The van der Waals surface area contributed by atoms with E-state index in [-0.39, 0.29) is 5.97 Å². The Morgan fingerprint density at radius 2 is 2.11 bits per heavy atom. The summed E-state index contributed by atoms with van der Waals surface area (Å²) in [5.74, 6) is -0.135. The lowest BCUT2D eigenvalue weighted by molar-refractivity contribution is -0.143. The summed E-state index contributed by atoms with van der Waals surface area (Å²) in [6.45, 7) is 5.10. The zero-order valence-corrected chi connectivity index (χ0v) is 11.0. The average Bonchev–Trinajstić information content (AvgIpc) is 2.78. The number of nitrogens with zero attached hydrogens (tertiary/aromatic N) is 1. The van der Waals surface area contributed by atoms with Gasteiger partial charge in [-0.05, 0) is 42.5 Å². The van der Waals surface area contributed by atoms with Crippen molar-refractivity contribution in [3.05, 3.63) is 36.0 Å². The van der Waals surface area contributed by atoms with E-state index in [4.69, 9.17) is 4.74 Å². The lowest BCUT2D eigenvalue weighted by Gasteiger charge is -2.06. The van der Waals surface area contributed by atoms with E-state index < -0.39 is 0 Å². The van der Waals surface area contributed by atoms with Gasteiger partial charge < -0.3 is 9.30 Å². The lowest BCUT2D eigenvalue weighted by atomic mass is 10.1. The number of aromatic nitrogens is 1. The number of ether oxygens (including phenoxy) is 1. The van der Waals surface area contributed by atoms with Crippen LogP contribution in [0.1, 0.15) is 25.8 Å². The van der Waals surface area contributed by atoms with Crippen LogP contribution in [0.25, 0.3) is 10.9 Å². The highest BCUT2D eigenvalue weighted by Crippen LogP contribution is 2.18. The summed E-state index contributed by atoms with van der Waals surface area (Å²) in [5, 5.41) is 1.23. The molecule has 0 unspecified atom stereocenters. The molecule has 0 atom stereocenters. The first-order chi connectivity index (χ1) is 8.74. The van der Waals surface area contributed by atoms with Crippen LogP contribution >= 0.6 is 0 Å². The third-order valence-corrected chi connectivity index (χ3v) is 3.11. The van der Waals surface area contributed by atoms with Crippen LogP contribution in [0.5, 0.6) is 0 Å². The molecule has 0 aliphatic carbocycles. The van der Waals surface area contributed by atoms with E-state index in [0.717, 1.165) is 6.42 Å². The van der Waals surface area contributed by atoms with Gasteiger partial charge in [-0.25, -0.2) is 0 Å². The summed E-state index contributed by atoms with van der Waals surface area (Å²) in [5.41, 5.74) is 2.52. The van der Waals surface area contributed by atoms with Gasteiger partial charge in [0, 0.05) is 18.3 Å². The quantitative estimate of drug-likeness (QED) is 0.758. The second-order valence-corrected chi connectivity index (χ2v) is 4.31. The highest BCUT2D eigenvalue weighted by molar-refractivity contribution is 5.81. The van der Waals surface area contributed by atoms with Crippen molar-refractivity contribution >= 4 is 16.9 Å². The van der Waals surface area contributed by atoms with Crippen molar-refractivity contribution < 1.29 is 9.53 Å². The molecule has 2 rings (SSSR count). The second kappa shape index (κ2) is 5.71. The molecule has 0 amide bonds. The molecule has 1 aromatic carbocycles. The minimum atomic E-state index is -0.135. The Hall–Kier alpha value is -1.77. The van der Waals surface area contributed by atoms with Crippen LogP contribution in [0, 0.1) is 0 Å².